The Morgan fingerprint density at radius 1 is 1.03 bits per heavy atom. The van der Waals surface area contributed by atoms with Gasteiger partial charge in [0.25, 0.3) is 5.56 Å². The van der Waals surface area contributed by atoms with Crippen LogP contribution in [-0.4, -0.2) is 22.2 Å². The van der Waals surface area contributed by atoms with E-state index in [4.69, 9.17) is 4.74 Å². The lowest BCUT2D eigenvalue weighted by Gasteiger charge is -2.37. The van der Waals surface area contributed by atoms with Gasteiger partial charge in [-0.05, 0) is 48.6 Å². The Balaban J connectivity index is 1.70. The van der Waals surface area contributed by atoms with Crippen LogP contribution in [0.15, 0.2) is 70.7 Å². The number of H-pyrrole nitrogens is 1. The van der Waals surface area contributed by atoms with E-state index >= 15 is 0 Å². The van der Waals surface area contributed by atoms with Crippen molar-refractivity contribution in [1.82, 2.24) is 9.78 Å². The molecule has 32 heavy (non-hydrogen) atoms. The van der Waals surface area contributed by atoms with E-state index in [1.165, 1.54) is 0 Å². The highest BCUT2D eigenvalue weighted by Crippen LogP contribution is 2.47. The summed E-state index contributed by atoms with van der Waals surface area (Å²) in [6.07, 6.45) is 1.22. The van der Waals surface area contributed by atoms with Gasteiger partial charge in [-0.3, -0.25) is 14.7 Å². The molecule has 0 unspecified atom stereocenters. The number of aromatic nitrogens is 2. The highest BCUT2D eigenvalue weighted by Gasteiger charge is 2.42. The number of allylic oxidation sites excluding steroid dienone is 2. The molecule has 0 amide bonds. The third-order valence-corrected chi connectivity index (χ3v) is 6.24. The molecule has 2 N–H and O–H groups in total. The van der Waals surface area contributed by atoms with E-state index < -0.39 is 5.92 Å². The van der Waals surface area contributed by atoms with E-state index in [-0.39, 0.29) is 16.8 Å². The Kier molecular flexibility index (Phi) is 4.81. The van der Waals surface area contributed by atoms with E-state index in [0.717, 1.165) is 29.1 Å². The van der Waals surface area contributed by atoms with Gasteiger partial charge >= 0.3 is 0 Å². The van der Waals surface area contributed by atoms with Gasteiger partial charge < -0.3 is 10.1 Å². The molecule has 3 aromatic rings. The maximum atomic E-state index is 13.6. The molecule has 5 rings (SSSR count). The Labute approximate surface area is 186 Å². The number of anilines is 1. The van der Waals surface area contributed by atoms with Gasteiger partial charge in [0, 0.05) is 23.6 Å². The average Bonchev–Trinajstić information content (AvgIpc) is 3.09. The summed E-state index contributed by atoms with van der Waals surface area (Å²) in [5.74, 6) is 1.10. The van der Waals surface area contributed by atoms with Crippen LogP contribution in [0, 0.1) is 5.41 Å². The molecule has 2 heterocycles. The smallest absolute Gasteiger partial charge is 0.277 e. The molecule has 0 saturated carbocycles. The number of hydrogen-bond acceptors (Lipinski definition) is 4. The molecule has 2 aliphatic rings. The van der Waals surface area contributed by atoms with Crippen molar-refractivity contribution in [2.75, 3.05) is 11.9 Å². The van der Waals surface area contributed by atoms with Crippen molar-refractivity contribution in [2.45, 2.75) is 39.5 Å². The number of carbonyl (C=O) groups is 1. The lowest BCUT2D eigenvalue weighted by molar-refractivity contribution is -0.118. The van der Waals surface area contributed by atoms with Gasteiger partial charge in [-0.25, -0.2) is 4.68 Å². The molecule has 1 atom stereocenters. The van der Waals surface area contributed by atoms with Crippen LogP contribution in [0.3, 0.4) is 0 Å². The summed E-state index contributed by atoms with van der Waals surface area (Å²) in [4.78, 5) is 27.0. The first kappa shape index (κ1) is 20.4. The number of nitrogens with one attached hydrogen (secondary N) is 2. The van der Waals surface area contributed by atoms with Gasteiger partial charge in [-0.15, -0.1) is 0 Å². The summed E-state index contributed by atoms with van der Waals surface area (Å²) < 4.78 is 7.14. The second kappa shape index (κ2) is 7.55. The van der Waals surface area contributed by atoms with Gasteiger partial charge in [-0.1, -0.05) is 44.2 Å². The molecule has 1 aromatic heterocycles. The molecule has 0 spiro atoms. The number of hydrogen-bond donors (Lipinski definition) is 2. The molecular formula is C26H27N3O3. The first-order chi connectivity index (χ1) is 15.4. The number of nitrogens with zero attached hydrogens (tertiary/aromatic N) is 1. The second-order valence-electron chi connectivity index (χ2n) is 9.27. The predicted octanol–water partition coefficient (Wildman–Crippen LogP) is 4.76. The van der Waals surface area contributed by atoms with Crippen LogP contribution in [-0.2, 0) is 4.79 Å². The van der Waals surface area contributed by atoms with Crippen molar-refractivity contribution in [3.63, 3.8) is 0 Å². The van der Waals surface area contributed by atoms with E-state index in [0.29, 0.717) is 30.0 Å². The SMILES string of the molecule is CCOc1ccc([C@@H]2C3=C(CC(C)(C)CC3=O)Nc3[nH]n(-c4ccccc4)c(=O)c32)cc1. The zero-order valence-electron chi connectivity index (χ0n) is 18.6. The van der Waals surface area contributed by atoms with Crippen molar-refractivity contribution >= 4 is 11.6 Å². The quantitative estimate of drug-likeness (QED) is 0.627. The molecule has 6 heteroatoms. The number of carbonyl (C=O) groups excluding carboxylic acids is 1. The molecule has 0 saturated heterocycles. The van der Waals surface area contributed by atoms with Crippen LogP contribution in [0.2, 0.25) is 0 Å². The number of ketones is 1. The van der Waals surface area contributed by atoms with Crippen LogP contribution in [0.25, 0.3) is 5.69 Å². The van der Waals surface area contributed by atoms with Crippen molar-refractivity contribution in [3.05, 3.63) is 87.3 Å². The van der Waals surface area contributed by atoms with Gasteiger partial charge in [-0.2, -0.15) is 0 Å². The van der Waals surface area contributed by atoms with Crippen LogP contribution < -0.4 is 15.6 Å². The summed E-state index contributed by atoms with van der Waals surface area (Å²) in [6, 6.07) is 17.2. The van der Waals surface area contributed by atoms with Gasteiger partial charge in [0.2, 0.25) is 0 Å². The van der Waals surface area contributed by atoms with E-state index in [9.17, 15) is 9.59 Å². The highest BCUT2D eigenvalue weighted by molar-refractivity contribution is 6.01. The van der Waals surface area contributed by atoms with E-state index in [2.05, 4.69) is 24.3 Å². The summed E-state index contributed by atoms with van der Waals surface area (Å²) >= 11 is 0. The molecule has 0 radical (unpaired) electrons. The van der Waals surface area contributed by atoms with Gasteiger partial charge in [0.15, 0.2) is 5.78 Å². The maximum Gasteiger partial charge on any atom is 0.277 e. The first-order valence-corrected chi connectivity index (χ1v) is 11.0. The number of rotatable bonds is 4. The molecule has 0 bridgehead atoms. The Morgan fingerprint density at radius 2 is 1.75 bits per heavy atom. The number of benzene rings is 2. The topological polar surface area (TPSA) is 76.1 Å². The van der Waals surface area contributed by atoms with Crippen molar-refractivity contribution < 1.29 is 9.53 Å². The number of aromatic amines is 1. The van der Waals surface area contributed by atoms with Gasteiger partial charge in [0.05, 0.1) is 17.9 Å². The van der Waals surface area contributed by atoms with Crippen LogP contribution in [0.4, 0.5) is 5.82 Å². The normalized spacial score (nSPS) is 19.2. The monoisotopic (exact) mass is 429 g/mol. The lowest BCUT2D eigenvalue weighted by atomic mass is 9.69. The zero-order chi connectivity index (χ0) is 22.5. The number of Topliss-reactive ketones (excluding diaryl/α,β-unsaturated/α-hetero) is 1. The minimum Gasteiger partial charge on any atom is -0.494 e. The number of fused-ring (bicyclic) bond motifs is 1. The van der Waals surface area contributed by atoms with E-state index in [1.807, 2.05) is 61.5 Å². The number of ether oxygens (including phenoxy) is 1. The molecule has 2 aromatic carbocycles. The van der Waals surface area contributed by atoms with Crippen molar-refractivity contribution in [1.29, 1.82) is 0 Å². The Morgan fingerprint density at radius 3 is 2.44 bits per heavy atom. The molecule has 1 aliphatic carbocycles. The predicted molar refractivity (Wildman–Crippen MR) is 125 cm³/mol. The molecule has 6 nitrogen and oxygen atoms in total. The largest absolute Gasteiger partial charge is 0.494 e. The fourth-order valence-corrected chi connectivity index (χ4v) is 4.91. The summed E-state index contributed by atoms with van der Waals surface area (Å²) in [5.41, 5.74) is 3.56. The first-order valence-electron chi connectivity index (χ1n) is 11.0. The fraction of sp³-hybridized carbons (Fsp3) is 0.308. The van der Waals surface area contributed by atoms with E-state index in [1.54, 1.807) is 4.68 Å². The molecule has 0 fully saturated rings. The minimum atomic E-state index is -0.422. The molecular weight excluding hydrogens is 402 g/mol. The maximum absolute atomic E-state index is 13.6. The zero-order valence-corrected chi connectivity index (χ0v) is 18.6. The highest BCUT2D eigenvalue weighted by atomic mass is 16.5. The van der Waals surface area contributed by atoms with Crippen LogP contribution in [0.5, 0.6) is 5.75 Å². The third kappa shape index (κ3) is 3.36. The summed E-state index contributed by atoms with van der Waals surface area (Å²) in [5, 5.41) is 6.65. The third-order valence-electron chi connectivity index (χ3n) is 6.24. The summed E-state index contributed by atoms with van der Waals surface area (Å²) in [7, 11) is 0. The van der Waals surface area contributed by atoms with Crippen molar-refractivity contribution in [3.8, 4) is 11.4 Å². The second-order valence-corrected chi connectivity index (χ2v) is 9.27. The summed E-state index contributed by atoms with van der Waals surface area (Å²) in [6.45, 7) is 6.74. The van der Waals surface area contributed by atoms with Gasteiger partial charge in [0.1, 0.15) is 11.6 Å². The standard InChI is InChI=1S/C26H27N3O3/c1-4-32-18-12-10-16(11-13-18)21-22-19(14-26(2,3)15-20(22)30)27-24-23(21)25(31)29(28-24)17-8-6-5-7-9-17/h5-13,21,27-28H,4,14-15H2,1-3H3/t21-/m1/s1. The fourth-order valence-electron chi connectivity index (χ4n) is 4.91. The van der Waals surface area contributed by atoms with Crippen LogP contribution in [0.1, 0.15) is 50.7 Å². The molecule has 1 aliphatic heterocycles. The number of para-hydroxylation sites is 1. The minimum absolute atomic E-state index is 0.0974. The lowest BCUT2D eigenvalue weighted by Crippen LogP contribution is -2.35. The van der Waals surface area contributed by atoms with Crippen LogP contribution >= 0.6 is 0 Å². The molecule has 164 valence electrons. The average molecular weight is 430 g/mol. The Hall–Kier alpha value is -3.54. The van der Waals surface area contributed by atoms with Crippen molar-refractivity contribution in [2.24, 2.45) is 5.41 Å². The Bertz CT molecular complexity index is 1260.